The Hall–Kier alpha value is -1.06. The number of methoxy groups -OCH3 is 1. The summed E-state index contributed by atoms with van der Waals surface area (Å²) >= 11 is 0. The van der Waals surface area contributed by atoms with E-state index in [9.17, 15) is 0 Å². The second-order valence-corrected chi connectivity index (χ2v) is 3.03. The minimum Gasteiger partial charge on any atom is -0.468 e. The first kappa shape index (κ1) is 11.0. The van der Waals surface area contributed by atoms with Gasteiger partial charge in [-0.15, -0.1) is 0 Å². The zero-order valence-corrected chi connectivity index (χ0v) is 8.40. The quantitative estimate of drug-likeness (QED) is 0.702. The molecule has 0 radical (unpaired) electrons. The molecule has 0 aliphatic carbocycles. The Kier molecular flexibility index (Phi) is 5.04. The van der Waals surface area contributed by atoms with Gasteiger partial charge in [0, 0.05) is 13.7 Å². The molecule has 0 aliphatic rings. The molecule has 0 heterocycles. The van der Waals surface area contributed by atoms with Crippen LogP contribution >= 0.6 is 0 Å². The van der Waals surface area contributed by atoms with Crippen molar-refractivity contribution in [3.8, 4) is 5.75 Å². The Morgan fingerprint density at radius 2 is 2.21 bits per heavy atom. The average molecular weight is 196 g/mol. The number of rotatable bonds is 6. The van der Waals surface area contributed by atoms with Gasteiger partial charge in [0.05, 0.1) is 0 Å². The molecule has 1 rings (SSSR count). The second-order valence-electron chi connectivity index (χ2n) is 3.03. The van der Waals surface area contributed by atoms with Crippen molar-refractivity contribution in [3.63, 3.8) is 0 Å². The van der Waals surface area contributed by atoms with E-state index in [1.54, 1.807) is 7.11 Å². The van der Waals surface area contributed by atoms with Gasteiger partial charge in [0.25, 0.3) is 0 Å². The third kappa shape index (κ3) is 3.77. The molecule has 3 heteroatoms. The summed E-state index contributed by atoms with van der Waals surface area (Å²) in [5.74, 6) is 0.808. The summed E-state index contributed by atoms with van der Waals surface area (Å²) in [6, 6.07) is 7.82. The maximum Gasteiger partial charge on any atom is 0.188 e. The molecule has 3 nitrogen and oxygen atoms in total. The van der Waals surface area contributed by atoms with Crippen molar-refractivity contribution in [2.75, 3.05) is 20.5 Å². The molecule has 1 N–H and O–H groups in total. The van der Waals surface area contributed by atoms with Crippen LogP contribution in [0.5, 0.6) is 5.75 Å². The molecule has 0 unspecified atom stereocenters. The minimum atomic E-state index is 0.225. The molecule has 0 spiro atoms. The van der Waals surface area contributed by atoms with Gasteiger partial charge < -0.3 is 14.6 Å². The van der Waals surface area contributed by atoms with E-state index in [0.717, 1.165) is 18.6 Å². The van der Waals surface area contributed by atoms with Gasteiger partial charge in [-0.3, -0.25) is 0 Å². The highest BCUT2D eigenvalue weighted by Gasteiger charge is 1.96. The van der Waals surface area contributed by atoms with Gasteiger partial charge in [0.2, 0.25) is 0 Å². The van der Waals surface area contributed by atoms with Gasteiger partial charge in [-0.05, 0) is 30.5 Å². The van der Waals surface area contributed by atoms with E-state index >= 15 is 0 Å². The summed E-state index contributed by atoms with van der Waals surface area (Å²) in [6.07, 6.45) is 1.66. The first-order chi connectivity index (χ1) is 6.86. The zero-order valence-electron chi connectivity index (χ0n) is 8.40. The summed E-state index contributed by atoms with van der Waals surface area (Å²) in [5, 5.41) is 8.69. The van der Waals surface area contributed by atoms with Gasteiger partial charge in [-0.1, -0.05) is 12.1 Å². The van der Waals surface area contributed by atoms with E-state index in [4.69, 9.17) is 14.6 Å². The molecule has 1 aromatic rings. The molecule has 0 amide bonds. The van der Waals surface area contributed by atoms with Gasteiger partial charge >= 0.3 is 0 Å². The smallest absolute Gasteiger partial charge is 0.188 e. The number of aliphatic hydroxyl groups is 1. The predicted octanol–water partition coefficient (Wildman–Crippen LogP) is 1.59. The number of aryl methyl sites for hydroxylation is 1. The molecular formula is C11H16O3. The fraction of sp³-hybridized carbons (Fsp3) is 0.455. The fourth-order valence-corrected chi connectivity index (χ4v) is 1.20. The standard InChI is InChI=1S/C11H16O3/c1-13-9-14-11-6-2-4-10(8-11)5-3-7-12/h2,4,6,8,12H,3,5,7,9H2,1H3. The number of aliphatic hydroxyl groups excluding tert-OH is 1. The van der Waals surface area contributed by atoms with Crippen molar-refractivity contribution in [2.45, 2.75) is 12.8 Å². The zero-order chi connectivity index (χ0) is 10.2. The van der Waals surface area contributed by atoms with Crippen LogP contribution in [0, 0.1) is 0 Å². The Balaban J connectivity index is 2.50. The van der Waals surface area contributed by atoms with Crippen LogP contribution in [-0.2, 0) is 11.2 Å². The number of ether oxygens (including phenoxy) is 2. The third-order valence-electron chi connectivity index (χ3n) is 1.87. The summed E-state index contributed by atoms with van der Waals surface area (Å²) in [6.45, 7) is 0.493. The highest BCUT2D eigenvalue weighted by Crippen LogP contribution is 2.14. The normalized spacial score (nSPS) is 10.1. The molecule has 14 heavy (non-hydrogen) atoms. The lowest BCUT2D eigenvalue weighted by Crippen LogP contribution is -1.99. The molecule has 0 atom stereocenters. The highest BCUT2D eigenvalue weighted by atomic mass is 16.7. The van der Waals surface area contributed by atoms with Crippen molar-refractivity contribution in [3.05, 3.63) is 29.8 Å². The molecule has 0 fully saturated rings. The van der Waals surface area contributed by atoms with E-state index in [0.29, 0.717) is 0 Å². The Morgan fingerprint density at radius 1 is 1.36 bits per heavy atom. The number of benzene rings is 1. The largest absolute Gasteiger partial charge is 0.468 e. The van der Waals surface area contributed by atoms with E-state index in [1.807, 2.05) is 24.3 Å². The van der Waals surface area contributed by atoms with Crippen molar-refractivity contribution in [1.29, 1.82) is 0 Å². The summed E-state index contributed by atoms with van der Waals surface area (Å²) < 4.78 is 10.1. The van der Waals surface area contributed by atoms with Gasteiger partial charge in [-0.2, -0.15) is 0 Å². The van der Waals surface area contributed by atoms with Crippen LogP contribution < -0.4 is 4.74 Å². The van der Waals surface area contributed by atoms with Crippen LogP contribution in [0.2, 0.25) is 0 Å². The summed E-state index contributed by atoms with van der Waals surface area (Å²) in [7, 11) is 1.59. The molecule has 78 valence electrons. The van der Waals surface area contributed by atoms with E-state index in [2.05, 4.69) is 0 Å². The SMILES string of the molecule is COCOc1cccc(CCCO)c1. The molecule has 0 aliphatic heterocycles. The molecule has 1 aromatic carbocycles. The lowest BCUT2D eigenvalue weighted by Gasteiger charge is -2.06. The van der Waals surface area contributed by atoms with Crippen LogP contribution in [0.3, 0.4) is 0 Å². The molecule has 0 saturated carbocycles. The first-order valence-electron chi connectivity index (χ1n) is 4.68. The van der Waals surface area contributed by atoms with Crippen molar-refractivity contribution < 1.29 is 14.6 Å². The molecule has 0 saturated heterocycles. The van der Waals surface area contributed by atoms with E-state index < -0.39 is 0 Å². The van der Waals surface area contributed by atoms with Gasteiger partial charge in [-0.25, -0.2) is 0 Å². The van der Waals surface area contributed by atoms with Gasteiger partial charge in [0.15, 0.2) is 6.79 Å². The minimum absolute atomic E-state index is 0.225. The van der Waals surface area contributed by atoms with Crippen LogP contribution in [-0.4, -0.2) is 25.6 Å². The Morgan fingerprint density at radius 3 is 2.93 bits per heavy atom. The lowest BCUT2D eigenvalue weighted by molar-refractivity contribution is 0.0511. The van der Waals surface area contributed by atoms with Crippen molar-refractivity contribution >= 4 is 0 Å². The predicted molar refractivity (Wildman–Crippen MR) is 54.4 cm³/mol. The van der Waals surface area contributed by atoms with Crippen molar-refractivity contribution in [2.24, 2.45) is 0 Å². The number of hydrogen-bond donors (Lipinski definition) is 1. The van der Waals surface area contributed by atoms with E-state index in [-0.39, 0.29) is 13.4 Å². The topological polar surface area (TPSA) is 38.7 Å². The van der Waals surface area contributed by atoms with Gasteiger partial charge in [0.1, 0.15) is 5.75 Å². The monoisotopic (exact) mass is 196 g/mol. The van der Waals surface area contributed by atoms with Crippen LogP contribution in [0.25, 0.3) is 0 Å². The third-order valence-corrected chi connectivity index (χ3v) is 1.87. The summed E-state index contributed by atoms with van der Waals surface area (Å²) in [4.78, 5) is 0. The molecular weight excluding hydrogens is 180 g/mol. The Labute approximate surface area is 84.3 Å². The first-order valence-corrected chi connectivity index (χ1v) is 4.68. The van der Waals surface area contributed by atoms with Crippen molar-refractivity contribution in [1.82, 2.24) is 0 Å². The summed E-state index contributed by atoms with van der Waals surface area (Å²) in [5.41, 5.74) is 1.17. The van der Waals surface area contributed by atoms with Crippen LogP contribution in [0.1, 0.15) is 12.0 Å². The average Bonchev–Trinajstić information content (AvgIpc) is 2.24. The number of hydrogen-bond acceptors (Lipinski definition) is 3. The van der Waals surface area contributed by atoms with E-state index in [1.165, 1.54) is 5.56 Å². The maximum absolute atomic E-state index is 8.69. The maximum atomic E-state index is 8.69. The fourth-order valence-electron chi connectivity index (χ4n) is 1.20. The Bertz CT molecular complexity index is 237. The highest BCUT2D eigenvalue weighted by molar-refractivity contribution is 5.28. The lowest BCUT2D eigenvalue weighted by atomic mass is 10.1. The molecule has 0 aromatic heterocycles. The van der Waals surface area contributed by atoms with Crippen LogP contribution in [0.15, 0.2) is 24.3 Å². The molecule has 0 bridgehead atoms. The van der Waals surface area contributed by atoms with Crippen LogP contribution in [0.4, 0.5) is 0 Å². The second kappa shape index (κ2) is 6.40.